The Balaban J connectivity index is 2.90. The lowest BCUT2D eigenvalue weighted by molar-refractivity contribution is 0.0673. The van der Waals surface area contributed by atoms with Gasteiger partial charge in [-0.15, -0.1) is 0 Å². The average molecular weight is 265 g/mol. The summed E-state index contributed by atoms with van der Waals surface area (Å²) in [5.41, 5.74) is 3.78. The first kappa shape index (κ1) is 15.5. The minimum atomic E-state index is -0.0284. The Bertz CT molecular complexity index is 407. The quantitative estimate of drug-likeness (QED) is 0.582. The van der Waals surface area contributed by atoms with Crippen LogP contribution < -0.4 is 11.3 Å². The number of nitrogens with two attached hydrogens (primary N) is 1. The second kappa shape index (κ2) is 7.76. The van der Waals surface area contributed by atoms with Crippen LogP contribution in [-0.2, 0) is 4.74 Å². The molecule has 5 heteroatoms. The SMILES string of the molecule is COCCN(CC(C)C)C(=O)c1ccccc1NN. The first-order valence-electron chi connectivity index (χ1n) is 6.44. The largest absolute Gasteiger partial charge is 0.383 e. The molecule has 0 fully saturated rings. The molecule has 0 unspecified atom stereocenters. The molecule has 0 radical (unpaired) electrons. The summed E-state index contributed by atoms with van der Waals surface area (Å²) in [5, 5.41) is 0. The molecule has 1 rings (SSSR count). The summed E-state index contributed by atoms with van der Waals surface area (Å²) in [6, 6.07) is 7.24. The molecule has 0 heterocycles. The number of hydrazine groups is 1. The molecule has 1 aromatic rings. The lowest BCUT2D eigenvalue weighted by Gasteiger charge is -2.25. The van der Waals surface area contributed by atoms with Crippen LogP contribution in [0.15, 0.2) is 24.3 Å². The van der Waals surface area contributed by atoms with E-state index in [0.29, 0.717) is 36.9 Å². The van der Waals surface area contributed by atoms with E-state index in [1.807, 2.05) is 12.1 Å². The number of rotatable bonds is 7. The van der Waals surface area contributed by atoms with E-state index in [-0.39, 0.29) is 5.91 Å². The number of amides is 1. The molecule has 0 aliphatic heterocycles. The number of methoxy groups -OCH3 is 1. The van der Waals surface area contributed by atoms with Gasteiger partial charge in [-0.2, -0.15) is 0 Å². The molecular formula is C14H23N3O2. The van der Waals surface area contributed by atoms with Crippen molar-refractivity contribution in [1.29, 1.82) is 0 Å². The highest BCUT2D eigenvalue weighted by Crippen LogP contribution is 2.16. The standard InChI is InChI=1S/C14H23N3O2/c1-11(2)10-17(8-9-19-3)14(18)12-6-4-5-7-13(12)16-15/h4-7,11,16H,8-10,15H2,1-3H3. The molecule has 0 bridgehead atoms. The van der Waals surface area contributed by atoms with E-state index < -0.39 is 0 Å². The molecule has 1 aromatic carbocycles. The Kier molecular flexibility index (Phi) is 6.32. The molecule has 0 spiro atoms. The minimum absolute atomic E-state index is 0.0284. The molecule has 0 atom stereocenters. The van der Waals surface area contributed by atoms with Gasteiger partial charge in [0, 0.05) is 20.2 Å². The monoisotopic (exact) mass is 265 g/mol. The summed E-state index contributed by atoms with van der Waals surface area (Å²) >= 11 is 0. The molecule has 106 valence electrons. The van der Waals surface area contributed by atoms with Crippen molar-refractivity contribution in [3.63, 3.8) is 0 Å². The Hall–Kier alpha value is -1.59. The van der Waals surface area contributed by atoms with Crippen molar-refractivity contribution in [3.8, 4) is 0 Å². The third-order valence-corrected chi connectivity index (χ3v) is 2.75. The van der Waals surface area contributed by atoms with E-state index in [2.05, 4.69) is 19.3 Å². The Morgan fingerprint density at radius 2 is 2.11 bits per heavy atom. The fraction of sp³-hybridized carbons (Fsp3) is 0.500. The maximum atomic E-state index is 12.5. The van der Waals surface area contributed by atoms with Crippen LogP contribution in [0.2, 0.25) is 0 Å². The van der Waals surface area contributed by atoms with Crippen LogP contribution in [-0.4, -0.2) is 37.6 Å². The van der Waals surface area contributed by atoms with Crippen molar-refractivity contribution in [2.45, 2.75) is 13.8 Å². The predicted octanol–water partition coefficient (Wildman–Crippen LogP) is 1.72. The molecule has 5 nitrogen and oxygen atoms in total. The number of nitrogens with one attached hydrogen (secondary N) is 1. The summed E-state index contributed by atoms with van der Waals surface area (Å²) in [7, 11) is 1.63. The fourth-order valence-electron chi connectivity index (χ4n) is 1.88. The van der Waals surface area contributed by atoms with Gasteiger partial charge < -0.3 is 15.1 Å². The van der Waals surface area contributed by atoms with Crippen LogP contribution >= 0.6 is 0 Å². The highest BCUT2D eigenvalue weighted by Gasteiger charge is 2.19. The third kappa shape index (κ3) is 4.54. The van der Waals surface area contributed by atoms with Crippen molar-refractivity contribution in [1.82, 2.24) is 4.90 Å². The van der Waals surface area contributed by atoms with E-state index in [1.54, 1.807) is 24.1 Å². The van der Waals surface area contributed by atoms with Gasteiger partial charge in [0.05, 0.1) is 17.9 Å². The number of hydrogen-bond acceptors (Lipinski definition) is 4. The fourth-order valence-corrected chi connectivity index (χ4v) is 1.88. The molecule has 3 N–H and O–H groups in total. The van der Waals surface area contributed by atoms with Crippen molar-refractivity contribution in [2.24, 2.45) is 11.8 Å². The Morgan fingerprint density at radius 1 is 1.42 bits per heavy atom. The maximum absolute atomic E-state index is 12.5. The van der Waals surface area contributed by atoms with Crippen LogP contribution in [0.5, 0.6) is 0 Å². The van der Waals surface area contributed by atoms with Gasteiger partial charge in [0.2, 0.25) is 0 Å². The molecule has 0 saturated heterocycles. The zero-order chi connectivity index (χ0) is 14.3. The number of anilines is 1. The lowest BCUT2D eigenvalue weighted by Crippen LogP contribution is -2.37. The molecule has 19 heavy (non-hydrogen) atoms. The van der Waals surface area contributed by atoms with Crippen molar-refractivity contribution < 1.29 is 9.53 Å². The zero-order valence-electron chi connectivity index (χ0n) is 11.8. The summed E-state index contributed by atoms with van der Waals surface area (Å²) in [4.78, 5) is 14.3. The van der Waals surface area contributed by atoms with Gasteiger partial charge in [-0.25, -0.2) is 0 Å². The van der Waals surface area contributed by atoms with Crippen LogP contribution in [0.1, 0.15) is 24.2 Å². The minimum Gasteiger partial charge on any atom is -0.383 e. The van der Waals surface area contributed by atoms with Gasteiger partial charge in [0.1, 0.15) is 0 Å². The highest BCUT2D eigenvalue weighted by molar-refractivity contribution is 5.99. The molecule has 0 aliphatic rings. The van der Waals surface area contributed by atoms with E-state index in [0.717, 1.165) is 0 Å². The summed E-state index contributed by atoms with van der Waals surface area (Å²) in [6.45, 7) is 5.96. The van der Waals surface area contributed by atoms with Crippen molar-refractivity contribution in [2.75, 3.05) is 32.2 Å². The number of carbonyl (C=O) groups excluding carboxylic acids is 1. The maximum Gasteiger partial charge on any atom is 0.256 e. The van der Waals surface area contributed by atoms with Gasteiger partial charge in [-0.3, -0.25) is 10.6 Å². The summed E-state index contributed by atoms with van der Waals surface area (Å²) in [6.07, 6.45) is 0. The Labute approximate surface area is 114 Å². The second-order valence-corrected chi connectivity index (χ2v) is 4.83. The van der Waals surface area contributed by atoms with Crippen molar-refractivity contribution >= 4 is 11.6 Å². The highest BCUT2D eigenvalue weighted by atomic mass is 16.5. The first-order chi connectivity index (χ1) is 9.10. The van der Waals surface area contributed by atoms with Gasteiger partial charge in [-0.1, -0.05) is 26.0 Å². The zero-order valence-corrected chi connectivity index (χ0v) is 11.8. The van der Waals surface area contributed by atoms with Crippen LogP contribution in [0, 0.1) is 5.92 Å². The summed E-state index contributed by atoms with van der Waals surface area (Å²) < 4.78 is 5.06. The summed E-state index contributed by atoms with van der Waals surface area (Å²) in [5.74, 6) is 5.82. The molecule has 0 aromatic heterocycles. The van der Waals surface area contributed by atoms with E-state index in [1.165, 1.54) is 0 Å². The van der Waals surface area contributed by atoms with Gasteiger partial charge >= 0.3 is 0 Å². The molecular weight excluding hydrogens is 242 g/mol. The van der Waals surface area contributed by atoms with Crippen LogP contribution in [0.3, 0.4) is 0 Å². The number of benzene rings is 1. The number of para-hydroxylation sites is 1. The molecule has 0 aliphatic carbocycles. The third-order valence-electron chi connectivity index (χ3n) is 2.75. The topological polar surface area (TPSA) is 67.6 Å². The number of ether oxygens (including phenoxy) is 1. The van der Waals surface area contributed by atoms with E-state index >= 15 is 0 Å². The number of hydrogen-bond donors (Lipinski definition) is 2. The van der Waals surface area contributed by atoms with Crippen LogP contribution in [0.25, 0.3) is 0 Å². The number of nitrogen functional groups attached to an aromatic ring is 1. The number of nitrogens with zero attached hydrogens (tertiary/aromatic N) is 1. The van der Waals surface area contributed by atoms with E-state index in [9.17, 15) is 4.79 Å². The van der Waals surface area contributed by atoms with Gasteiger partial charge in [-0.05, 0) is 18.1 Å². The normalized spacial score (nSPS) is 10.6. The van der Waals surface area contributed by atoms with Gasteiger partial charge in [0.15, 0.2) is 0 Å². The number of carbonyl (C=O) groups is 1. The van der Waals surface area contributed by atoms with Crippen LogP contribution in [0.4, 0.5) is 5.69 Å². The molecule has 0 saturated carbocycles. The smallest absolute Gasteiger partial charge is 0.256 e. The Morgan fingerprint density at radius 3 is 2.68 bits per heavy atom. The second-order valence-electron chi connectivity index (χ2n) is 4.83. The van der Waals surface area contributed by atoms with Crippen molar-refractivity contribution in [3.05, 3.63) is 29.8 Å². The average Bonchev–Trinajstić information content (AvgIpc) is 2.42. The first-order valence-corrected chi connectivity index (χ1v) is 6.44. The predicted molar refractivity (Wildman–Crippen MR) is 76.9 cm³/mol. The lowest BCUT2D eigenvalue weighted by atomic mass is 10.1. The van der Waals surface area contributed by atoms with Gasteiger partial charge in [0.25, 0.3) is 5.91 Å². The molecule has 1 amide bonds. The van der Waals surface area contributed by atoms with E-state index in [4.69, 9.17) is 10.6 Å².